The third kappa shape index (κ3) is 4.16. The summed E-state index contributed by atoms with van der Waals surface area (Å²) in [4.78, 5) is 28.7. The number of aromatic nitrogens is 1. The average Bonchev–Trinajstić information content (AvgIpc) is 2.65. The summed E-state index contributed by atoms with van der Waals surface area (Å²) >= 11 is 0. The van der Waals surface area contributed by atoms with Crippen LogP contribution in [0.1, 0.15) is 16.1 Å². The summed E-state index contributed by atoms with van der Waals surface area (Å²) in [5, 5.41) is 3.69. The van der Waals surface area contributed by atoms with Crippen LogP contribution in [0.25, 0.3) is 0 Å². The molecule has 1 unspecified atom stereocenters. The van der Waals surface area contributed by atoms with Crippen LogP contribution in [0.4, 0.5) is 19.0 Å². The van der Waals surface area contributed by atoms with Crippen molar-refractivity contribution in [3.8, 4) is 5.75 Å². The number of aryl methyl sites for hydroxylation is 1. The minimum absolute atomic E-state index is 0.0367. The van der Waals surface area contributed by atoms with Gasteiger partial charge in [-0.2, -0.15) is 13.2 Å². The Hall–Kier alpha value is -3.30. The molecule has 2 N–H and O–H groups in total. The fourth-order valence-corrected chi connectivity index (χ4v) is 2.42. The van der Waals surface area contributed by atoms with Gasteiger partial charge in [0.15, 0.2) is 0 Å². The number of benzene rings is 1. The molecule has 2 rings (SSSR count). The van der Waals surface area contributed by atoms with E-state index in [0.29, 0.717) is 5.69 Å². The van der Waals surface area contributed by atoms with Crippen LogP contribution in [0.2, 0.25) is 0 Å². The number of pyridine rings is 1. The van der Waals surface area contributed by atoms with Crippen LogP contribution >= 0.6 is 0 Å². The second kappa shape index (κ2) is 8.15. The summed E-state index contributed by atoms with van der Waals surface area (Å²) in [7, 11) is 2.04. The summed E-state index contributed by atoms with van der Waals surface area (Å²) < 4.78 is 51.4. The lowest BCUT2D eigenvalue weighted by molar-refractivity contribution is -0.203. The van der Waals surface area contributed by atoms with Gasteiger partial charge in [0.2, 0.25) is 0 Å². The molecule has 0 spiro atoms. The molecule has 10 heteroatoms. The van der Waals surface area contributed by atoms with E-state index in [1.54, 1.807) is 24.4 Å². The van der Waals surface area contributed by atoms with E-state index in [4.69, 9.17) is 4.74 Å². The number of alkyl halides is 3. The van der Waals surface area contributed by atoms with Gasteiger partial charge >= 0.3 is 17.8 Å². The van der Waals surface area contributed by atoms with Crippen molar-refractivity contribution in [1.29, 1.82) is 0 Å². The van der Waals surface area contributed by atoms with Crippen molar-refractivity contribution >= 4 is 17.7 Å². The number of ether oxygens (including phenoxy) is 2. The maximum atomic E-state index is 14.0. The Morgan fingerprint density at radius 1 is 1.04 bits per heavy atom. The first-order valence-corrected chi connectivity index (χ1v) is 7.97. The lowest BCUT2D eigenvalue weighted by atomic mass is 10.1. The van der Waals surface area contributed by atoms with Gasteiger partial charge in [-0.25, -0.2) is 9.78 Å². The van der Waals surface area contributed by atoms with E-state index in [2.05, 4.69) is 9.72 Å². The number of esters is 1. The van der Waals surface area contributed by atoms with Gasteiger partial charge in [-0.05, 0) is 31.2 Å². The number of nitrogens with zero attached hydrogens (tertiary/aromatic N) is 1. The largest absolute Gasteiger partial charge is 0.496 e. The van der Waals surface area contributed by atoms with Crippen LogP contribution in [0.15, 0.2) is 42.5 Å². The van der Waals surface area contributed by atoms with Crippen molar-refractivity contribution in [1.82, 2.24) is 10.3 Å². The first kappa shape index (κ1) is 21.0. The van der Waals surface area contributed by atoms with Crippen LogP contribution in [-0.4, -0.2) is 42.9 Å². The third-order valence-corrected chi connectivity index (χ3v) is 3.77. The highest BCUT2D eigenvalue weighted by molar-refractivity contribution is 6.01. The van der Waals surface area contributed by atoms with Crippen LogP contribution < -0.4 is 15.4 Å². The number of hydrogen-bond acceptors (Lipinski definition) is 6. The van der Waals surface area contributed by atoms with Crippen LogP contribution in [0.5, 0.6) is 5.75 Å². The zero-order valence-electron chi connectivity index (χ0n) is 15.3. The molecular weight excluding hydrogens is 379 g/mol. The number of nitrogens with one attached hydrogen (secondary N) is 2. The van der Waals surface area contributed by atoms with Gasteiger partial charge in [-0.3, -0.25) is 4.79 Å². The molecule has 1 aromatic heterocycles. The monoisotopic (exact) mass is 397 g/mol. The number of anilines is 1. The fraction of sp³-hybridized carbons (Fsp3) is 0.278. The summed E-state index contributed by atoms with van der Waals surface area (Å²) in [5.41, 5.74) is -3.36. The number of methoxy groups -OCH3 is 2. The van der Waals surface area contributed by atoms with Gasteiger partial charge in [-0.1, -0.05) is 18.2 Å². The van der Waals surface area contributed by atoms with Crippen LogP contribution in [-0.2, 0) is 9.53 Å². The second-order valence-corrected chi connectivity index (χ2v) is 5.68. The molecule has 150 valence electrons. The van der Waals surface area contributed by atoms with Crippen molar-refractivity contribution < 1.29 is 32.2 Å². The van der Waals surface area contributed by atoms with E-state index in [9.17, 15) is 22.8 Å². The summed E-state index contributed by atoms with van der Waals surface area (Å²) in [6.45, 7) is 1.56. The smallest absolute Gasteiger partial charge is 0.441 e. The van der Waals surface area contributed by atoms with Crippen LogP contribution in [0, 0.1) is 6.92 Å². The fourth-order valence-electron chi connectivity index (χ4n) is 2.42. The highest BCUT2D eigenvalue weighted by Gasteiger charge is 2.63. The SMILES string of the molecule is COC(=O)C(NC(=O)c1ccccc1OC)(Nc1cccc(C)n1)C(F)(F)F. The Morgan fingerprint density at radius 3 is 2.29 bits per heavy atom. The van der Waals surface area contributed by atoms with E-state index < -0.39 is 23.7 Å². The third-order valence-electron chi connectivity index (χ3n) is 3.77. The molecular formula is C18H18F3N3O4. The summed E-state index contributed by atoms with van der Waals surface area (Å²) in [6, 6.07) is 9.89. The number of carbonyl (C=O) groups excluding carboxylic acids is 2. The minimum Gasteiger partial charge on any atom is -0.496 e. The van der Waals surface area contributed by atoms with Crippen LogP contribution in [0.3, 0.4) is 0 Å². The van der Waals surface area contributed by atoms with Gasteiger partial charge in [-0.15, -0.1) is 0 Å². The number of halogens is 3. The molecule has 0 aliphatic heterocycles. The second-order valence-electron chi connectivity index (χ2n) is 5.68. The van der Waals surface area contributed by atoms with Gasteiger partial charge in [0.25, 0.3) is 5.91 Å². The molecule has 1 heterocycles. The molecule has 28 heavy (non-hydrogen) atoms. The molecule has 1 amide bonds. The molecule has 0 fully saturated rings. The lowest BCUT2D eigenvalue weighted by Gasteiger charge is -2.34. The Balaban J connectivity index is 2.53. The molecule has 7 nitrogen and oxygen atoms in total. The number of rotatable bonds is 6. The predicted octanol–water partition coefficient (Wildman–Crippen LogP) is 2.67. The van der Waals surface area contributed by atoms with E-state index in [1.165, 1.54) is 37.4 Å². The molecule has 0 radical (unpaired) electrons. The van der Waals surface area contributed by atoms with Gasteiger partial charge in [0.05, 0.1) is 19.8 Å². The minimum atomic E-state index is -5.26. The highest BCUT2D eigenvalue weighted by Crippen LogP contribution is 2.33. The molecule has 0 saturated carbocycles. The Kier molecular flexibility index (Phi) is 6.12. The molecule has 0 saturated heterocycles. The van der Waals surface area contributed by atoms with Crippen molar-refractivity contribution in [3.63, 3.8) is 0 Å². The number of hydrogen-bond donors (Lipinski definition) is 2. The summed E-state index contributed by atoms with van der Waals surface area (Å²) in [5.74, 6) is -3.19. The molecule has 0 aliphatic carbocycles. The molecule has 0 bridgehead atoms. The van der Waals surface area contributed by atoms with Crippen molar-refractivity contribution in [3.05, 3.63) is 53.7 Å². The van der Waals surface area contributed by atoms with Crippen molar-refractivity contribution in [2.24, 2.45) is 0 Å². The first-order valence-electron chi connectivity index (χ1n) is 7.97. The van der Waals surface area contributed by atoms with E-state index in [1.807, 2.05) is 5.32 Å². The molecule has 1 aromatic carbocycles. The highest BCUT2D eigenvalue weighted by atomic mass is 19.4. The number of amides is 1. The maximum Gasteiger partial charge on any atom is 0.441 e. The topological polar surface area (TPSA) is 89.5 Å². The molecule has 0 aliphatic rings. The zero-order valence-corrected chi connectivity index (χ0v) is 15.3. The van der Waals surface area contributed by atoms with Gasteiger partial charge in [0, 0.05) is 5.69 Å². The standard InChI is InChI=1S/C18H18F3N3O4/c1-11-7-6-10-14(22-11)23-17(16(26)28-3,18(19,20)21)24-15(25)12-8-4-5-9-13(12)27-2/h4-10H,1-3H3,(H,22,23)(H,24,25). The Morgan fingerprint density at radius 2 is 1.71 bits per heavy atom. The normalized spacial score (nSPS) is 13.2. The van der Waals surface area contributed by atoms with E-state index >= 15 is 0 Å². The maximum absolute atomic E-state index is 14.0. The van der Waals surface area contributed by atoms with E-state index in [0.717, 1.165) is 7.11 Å². The summed E-state index contributed by atoms with van der Waals surface area (Å²) in [6.07, 6.45) is -5.26. The quantitative estimate of drug-likeness (QED) is 0.576. The lowest BCUT2D eigenvalue weighted by Crippen LogP contribution is -2.69. The van der Waals surface area contributed by atoms with Gasteiger partial charge < -0.3 is 20.1 Å². The number of para-hydroxylation sites is 1. The first-order chi connectivity index (χ1) is 13.1. The molecule has 2 aromatic rings. The van der Waals surface area contributed by atoms with Gasteiger partial charge in [0.1, 0.15) is 11.6 Å². The zero-order chi connectivity index (χ0) is 20.9. The molecule has 1 atom stereocenters. The Labute approximate surface area is 158 Å². The Bertz CT molecular complexity index is 873. The number of carbonyl (C=O) groups is 2. The van der Waals surface area contributed by atoms with Crippen molar-refractivity contribution in [2.45, 2.75) is 18.8 Å². The average molecular weight is 397 g/mol. The van der Waals surface area contributed by atoms with E-state index in [-0.39, 0.29) is 17.1 Å². The predicted molar refractivity (Wildman–Crippen MR) is 93.9 cm³/mol. The van der Waals surface area contributed by atoms with Crippen molar-refractivity contribution in [2.75, 3.05) is 19.5 Å².